The third-order valence-electron chi connectivity index (χ3n) is 2.08. The molecule has 0 fully saturated rings. The van der Waals surface area contributed by atoms with Gasteiger partial charge >= 0.3 is 5.97 Å². The minimum Gasteiger partial charge on any atom is -0.464 e. The van der Waals surface area contributed by atoms with E-state index in [1.54, 1.807) is 0 Å². The number of nitrogens with two attached hydrogens (primary N) is 1. The van der Waals surface area contributed by atoms with Crippen molar-refractivity contribution >= 4 is 5.97 Å². The molecule has 2 N–H and O–H groups in total. The van der Waals surface area contributed by atoms with Crippen molar-refractivity contribution in [1.29, 1.82) is 5.26 Å². The summed E-state index contributed by atoms with van der Waals surface area (Å²) in [4.78, 5) is 14.7. The first-order valence-corrected chi connectivity index (χ1v) is 4.55. The van der Waals surface area contributed by atoms with Crippen LogP contribution in [0.2, 0.25) is 0 Å². The lowest BCUT2D eigenvalue weighted by Gasteiger charge is -2.10. The quantitative estimate of drug-likeness (QED) is 0.801. The molecule has 7 heteroatoms. The number of nitriles is 1. The maximum absolute atomic E-state index is 12.7. The third-order valence-corrected chi connectivity index (χ3v) is 2.08. The summed E-state index contributed by atoms with van der Waals surface area (Å²) in [6.07, 6.45) is -2.87. The van der Waals surface area contributed by atoms with Crippen LogP contribution in [-0.4, -0.2) is 18.1 Å². The van der Waals surface area contributed by atoms with Gasteiger partial charge in [-0.1, -0.05) is 0 Å². The van der Waals surface area contributed by atoms with E-state index in [2.05, 4.69) is 9.72 Å². The van der Waals surface area contributed by atoms with Gasteiger partial charge in [0.25, 0.3) is 6.43 Å². The predicted octanol–water partition coefficient (Wildman–Crippen LogP) is 1.14. The largest absolute Gasteiger partial charge is 0.464 e. The van der Waals surface area contributed by atoms with Gasteiger partial charge in [-0.2, -0.15) is 5.26 Å². The van der Waals surface area contributed by atoms with Gasteiger partial charge in [0.2, 0.25) is 0 Å². The van der Waals surface area contributed by atoms with E-state index in [4.69, 9.17) is 11.0 Å². The van der Waals surface area contributed by atoms with Crippen LogP contribution in [0.5, 0.6) is 0 Å². The SMILES string of the molecule is COC(=O)c1cc(CN)c(C(F)F)c(C#N)n1. The lowest BCUT2D eigenvalue weighted by Crippen LogP contribution is -2.12. The Morgan fingerprint density at radius 2 is 2.35 bits per heavy atom. The number of hydrogen-bond acceptors (Lipinski definition) is 5. The van der Waals surface area contributed by atoms with E-state index in [1.807, 2.05) is 0 Å². The lowest BCUT2D eigenvalue weighted by molar-refractivity contribution is 0.0593. The summed E-state index contributed by atoms with van der Waals surface area (Å²) in [5.41, 5.74) is 4.04. The number of nitrogens with zero attached hydrogens (tertiary/aromatic N) is 2. The van der Waals surface area contributed by atoms with Crippen LogP contribution in [0.1, 0.15) is 33.7 Å². The highest BCUT2D eigenvalue weighted by molar-refractivity contribution is 5.87. The Labute approximate surface area is 95.8 Å². The van der Waals surface area contributed by atoms with Crippen molar-refractivity contribution in [3.8, 4) is 6.07 Å². The second-order valence-electron chi connectivity index (χ2n) is 3.04. The molecule has 0 radical (unpaired) electrons. The molecule has 1 rings (SSSR count). The van der Waals surface area contributed by atoms with E-state index in [9.17, 15) is 13.6 Å². The van der Waals surface area contributed by atoms with Gasteiger partial charge in [0.1, 0.15) is 11.8 Å². The van der Waals surface area contributed by atoms with E-state index in [1.165, 1.54) is 6.07 Å². The van der Waals surface area contributed by atoms with Crippen molar-refractivity contribution < 1.29 is 18.3 Å². The van der Waals surface area contributed by atoms with E-state index < -0.39 is 23.7 Å². The number of rotatable bonds is 3. The number of carbonyl (C=O) groups is 1. The second kappa shape index (κ2) is 5.32. The fraction of sp³-hybridized carbons (Fsp3) is 0.300. The lowest BCUT2D eigenvalue weighted by atomic mass is 10.1. The molecule has 5 nitrogen and oxygen atoms in total. The molecular formula is C10H9F2N3O2. The van der Waals surface area contributed by atoms with E-state index in [0.29, 0.717) is 0 Å². The van der Waals surface area contributed by atoms with Gasteiger partial charge < -0.3 is 10.5 Å². The van der Waals surface area contributed by atoms with Crippen LogP contribution in [0.15, 0.2) is 6.07 Å². The van der Waals surface area contributed by atoms with Crippen molar-refractivity contribution in [3.63, 3.8) is 0 Å². The minimum atomic E-state index is -2.87. The average Bonchev–Trinajstić information content (AvgIpc) is 2.35. The standard InChI is InChI=1S/C10H9F2N3O2/c1-17-10(16)6-2-5(3-13)8(9(11)12)7(4-14)15-6/h2,9H,3,13H2,1H3. The predicted molar refractivity (Wildman–Crippen MR) is 53.1 cm³/mol. The van der Waals surface area contributed by atoms with E-state index in [0.717, 1.165) is 13.2 Å². The maximum atomic E-state index is 12.7. The number of pyridine rings is 1. The van der Waals surface area contributed by atoms with Crippen molar-refractivity contribution in [2.24, 2.45) is 5.73 Å². The van der Waals surface area contributed by atoms with Crippen LogP contribution < -0.4 is 5.73 Å². The Hall–Kier alpha value is -2.07. The molecule has 0 saturated carbocycles. The van der Waals surface area contributed by atoms with Crippen molar-refractivity contribution in [2.45, 2.75) is 13.0 Å². The summed E-state index contributed by atoms with van der Waals surface area (Å²) in [6.45, 7) is -0.221. The average molecular weight is 241 g/mol. The Morgan fingerprint density at radius 3 is 2.76 bits per heavy atom. The van der Waals surface area contributed by atoms with Gasteiger partial charge in [-0.15, -0.1) is 0 Å². The molecule has 0 bridgehead atoms. The smallest absolute Gasteiger partial charge is 0.356 e. The number of alkyl halides is 2. The fourth-order valence-electron chi connectivity index (χ4n) is 1.31. The highest BCUT2D eigenvalue weighted by Gasteiger charge is 2.22. The number of aromatic nitrogens is 1. The molecule has 90 valence electrons. The molecule has 0 spiro atoms. The summed E-state index contributed by atoms with van der Waals surface area (Å²) in [6, 6.07) is 2.62. The van der Waals surface area contributed by atoms with Crippen LogP contribution in [-0.2, 0) is 11.3 Å². The van der Waals surface area contributed by atoms with Gasteiger partial charge in [-0.25, -0.2) is 18.6 Å². The van der Waals surface area contributed by atoms with Gasteiger partial charge in [0, 0.05) is 6.54 Å². The van der Waals surface area contributed by atoms with Gasteiger partial charge in [0.05, 0.1) is 12.7 Å². The maximum Gasteiger partial charge on any atom is 0.356 e. The zero-order valence-electron chi connectivity index (χ0n) is 8.91. The highest BCUT2D eigenvalue weighted by atomic mass is 19.3. The molecule has 0 saturated heterocycles. The molecule has 0 unspecified atom stereocenters. The zero-order chi connectivity index (χ0) is 13.0. The van der Waals surface area contributed by atoms with Gasteiger partial charge in [-0.05, 0) is 11.6 Å². The van der Waals surface area contributed by atoms with Crippen LogP contribution >= 0.6 is 0 Å². The summed E-state index contributed by atoms with van der Waals surface area (Å²) in [5.74, 6) is -0.808. The molecule has 0 aromatic carbocycles. The van der Waals surface area contributed by atoms with Gasteiger partial charge in [0.15, 0.2) is 5.69 Å². The van der Waals surface area contributed by atoms with E-state index >= 15 is 0 Å². The van der Waals surface area contributed by atoms with E-state index in [-0.39, 0.29) is 17.8 Å². The Bertz CT molecular complexity index is 483. The van der Waals surface area contributed by atoms with Crippen LogP contribution in [0, 0.1) is 11.3 Å². The minimum absolute atomic E-state index is 0.00644. The molecule has 1 heterocycles. The summed E-state index contributed by atoms with van der Waals surface area (Å²) in [7, 11) is 1.12. The normalized spacial score (nSPS) is 10.1. The number of ether oxygens (including phenoxy) is 1. The number of methoxy groups -OCH3 is 1. The molecule has 1 aromatic heterocycles. The zero-order valence-corrected chi connectivity index (χ0v) is 8.91. The first-order valence-electron chi connectivity index (χ1n) is 4.55. The van der Waals surface area contributed by atoms with Crippen molar-refractivity contribution in [3.05, 3.63) is 28.6 Å². The molecular weight excluding hydrogens is 232 g/mol. The second-order valence-corrected chi connectivity index (χ2v) is 3.04. The number of hydrogen-bond donors (Lipinski definition) is 1. The summed E-state index contributed by atoms with van der Waals surface area (Å²) >= 11 is 0. The summed E-state index contributed by atoms with van der Waals surface area (Å²) in [5, 5.41) is 8.73. The van der Waals surface area contributed by atoms with Crippen LogP contribution in [0.25, 0.3) is 0 Å². The number of halogens is 2. The first-order chi connectivity index (χ1) is 8.04. The molecule has 1 aromatic rings. The molecule has 0 aliphatic carbocycles. The van der Waals surface area contributed by atoms with Crippen LogP contribution in [0.3, 0.4) is 0 Å². The fourth-order valence-corrected chi connectivity index (χ4v) is 1.31. The van der Waals surface area contributed by atoms with Crippen LogP contribution in [0.4, 0.5) is 8.78 Å². The Kier molecular flexibility index (Phi) is 4.06. The topological polar surface area (TPSA) is 89.0 Å². The molecule has 0 aliphatic rings. The highest BCUT2D eigenvalue weighted by Crippen LogP contribution is 2.26. The molecule has 0 amide bonds. The molecule has 0 aliphatic heterocycles. The van der Waals surface area contributed by atoms with Gasteiger partial charge in [-0.3, -0.25) is 0 Å². The molecule has 17 heavy (non-hydrogen) atoms. The third kappa shape index (κ3) is 2.54. The van der Waals surface area contributed by atoms with Crippen molar-refractivity contribution in [2.75, 3.05) is 7.11 Å². The summed E-state index contributed by atoms with van der Waals surface area (Å²) < 4.78 is 29.8. The Morgan fingerprint density at radius 1 is 1.71 bits per heavy atom. The monoisotopic (exact) mass is 241 g/mol. The molecule has 0 atom stereocenters. The van der Waals surface area contributed by atoms with Crippen molar-refractivity contribution in [1.82, 2.24) is 4.98 Å². The Balaban J connectivity index is 3.46. The first kappa shape index (κ1) is 13.0. The number of esters is 1. The number of carbonyl (C=O) groups excluding carboxylic acids is 1.